The average Bonchev–Trinajstić information content (AvgIpc) is 3.33. The van der Waals surface area contributed by atoms with Crippen LogP contribution in [-0.2, 0) is 16.5 Å². The Hall–Kier alpha value is -3.10. The minimum atomic E-state index is -4.58. The fraction of sp³-hybridized carbons (Fsp3) is 0.320. The van der Waals surface area contributed by atoms with Gasteiger partial charge in [0, 0.05) is 35.5 Å². The van der Waals surface area contributed by atoms with Gasteiger partial charge in [0.2, 0.25) is 0 Å². The lowest BCUT2D eigenvalue weighted by molar-refractivity contribution is 0.0976. The van der Waals surface area contributed by atoms with Crippen molar-refractivity contribution in [3.8, 4) is 0 Å². The third-order valence-corrected chi connectivity index (χ3v) is 6.41. The number of hydrogen-bond acceptors (Lipinski definition) is 5. The van der Waals surface area contributed by atoms with Gasteiger partial charge in [0.05, 0.1) is 5.56 Å². The van der Waals surface area contributed by atoms with E-state index < -0.39 is 26.6 Å². The van der Waals surface area contributed by atoms with E-state index in [4.69, 9.17) is 0 Å². The highest BCUT2D eigenvalue weighted by atomic mass is 32.2. The normalized spacial score (nSPS) is 12.5. The van der Waals surface area contributed by atoms with Gasteiger partial charge in [0.15, 0.2) is 11.6 Å². The van der Waals surface area contributed by atoms with Gasteiger partial charge in [-0.1, -0.05) is 75.4 Å². The first-order chi connectivity index (χ1) is 15.8. The molecule has 2 aromatic carbocycles. The predicted molar refractivity (Wildman–Crippen MR) is 125 cm³/mol. The minimum Gasteiger partial charge on any atom is -0.349 e. The molecule has 3 aromatic rings. The number of carbonyl (C=O) groups excluding carboxylic acids is 2. The molecule has 1 aliphatic carbocycles. The van der Waals surface area contributed by atoms with Gasteiger partial charge in [-0.25, -0.2) is 4.98 Å². The molecule has 0 atom stereocenters. The molecule has 33 heavy (non-hydrogen) atoms. The molecule has 0 radical (unpaired) electrons. The van der Waals surface area contributed by atoms with Crippen LogP contribution in [0.5, 0.6) is 0 Å². The fourth-order valence-corrected chi connectivity index (χ4v) is 4.55. The van der Waals surface area contributed by atoms with Crippen LogP contribution in [0.25, 0.3) is 0 Å². The minimum absolute atomic E-state index is 0.0103. The molecule has 0 saturated carbocycles. The van der Waals surface area contributed by atoms with Crippen LogP contribution in [0.4, 0.5) is 0 Å². The molecule has 1 aliphatic rings. The Bertz CT molecular complexity index is 1220. The molecule has 1 aromatic heterocycles. The van der Waals surface area contributed by atoms with Gasteiger partial charge in [-0.3, -0.25) is 14.1 Å². The summed E-state index contributed by atoms with van der Waals surface area (Å²) in [4.78, 5) is 31.5. The molecule has 174 valence electrons. The van der Waals surface area contributed by atoms with Crippen LogP contribution >= 0.6 is 0 Å². The lowest BCUT2D eigenvalue weighted by atomic mass is 9.84. The van der Waals surface area contributed by atoms with Crippen molar-refractivity contribution in [2.24, 2.45) is 0 Å². The number of benzene rings is 2. The molecule has 0 saturated heterocycles. The van der Waals surface area contributed by atoms with Crippen molar-refractivity contribution in [1.29, 1.82) is 0 Å². The predicted octanol–water partition coefficient (Wildman–Crippen LogP) is 5.02. The van der Waals surface area contributed by atoms with Crippen molar-refractivity contribution in [2.75, 3.05) is 0 Å². The zero-order chi connectivity index (χ0) is 23.8. The summed E-state index contributed by atoms with van der Waals surface area (Å²) in [5.41, 5.74) is 0.0983. The lowest BCUT2D eigenvalue weighted by Gasteiger charge is -2.18. The van der Waals surface area contributed by atoms with Crippen LogP contribution in [0.1, 0.15) is 83.1 Å². The molecule has 0 unspecified atom stereocenters. The molecule has 2 N–H and O–H groups in total. The molecule has 1 heterocycles. The van der Waals surface area contributed by atoms with Crippen molar-refractivity contribution < 1.29 is 22.6 Å². The van der Waals surface area contributed by atoms with Gasteiger partial charge >= 0.3 is 0 Å². The summed E-state index contributed by atoms with van der Waals surface area (Å²) in [6, 6.07) is 9.99. The number of unbranched alkanes of at least 4 members (excludes halogenated alkanes) is 5. The third-order valence-electron chi connectivity index (χ3n) is 5.51. The molecule has 7 nitrogen and oxygen atoms in total. The van der Waals surface area contributed by atoms with Gasteiger partial charge in [-0.2, -0.15) is 8.42 Å². The van der Waals surface area contributed by atoms with Crippen LogP contribution in [-0.4, -0.2) is 34.5 Å². The van der Waals surface area contributed by atoms with Crippen LogP contribution < -0.4 is 0 Å². The first-order valence-corrected chi connectivity index (χ1v) is 12.6. The monoisotopic (exact) mass is 468 g/mol. The maximum atomic E-state index is 12.4. The van der Waals surface area contributed by atoms with E-state index in [0.29, 0.717) is 0 Å². The number of H-pyrrole nitrogens is 1. The van der Waals surface area contributed by atoms with Gasteiger partial charge in [-0.15, -0.1) is 0 Å². The van der Waals surface area contributed by atoms with Gasteiger partial charge in [-0.05, 0) is 12.5 Å². The quantitative estimate of drug-likeness (QED) is 0.277. The van der Waals surface area contributed by atoms with E-state index in [1.165, 1.54) is 62.8 Å². The maximum Gasteiger partial charge on any atom is 0.295 e. The summed E-state index contributed by atoms with van der Waals surface area (Å²) in [6.45, 7) is 2.25. The summed E-state index contributed by atoms with van der Waals surface area (Å²) < 4.78 is 31.9. The van der Waals surface area contributed by atoms with E-state index in [9.17, 15) is 22.6 Å². The van der Waals surface area contributed by atoms with Crippen molar-refractivity contribution >= 4 is 21.7 Å². The second kappa shape index (κ2) is 11.2. The Labute approximate surface area is 194 Å². The van der Waals surface area contributed by atoms with E-state index in [-0.39, 0.29) is 22.3 Å². The van der Waals surface area contributed by atoms with Crippen LogP contribution in [0, 0.1) is 0 Å². The number of rotatable bonds is 8. The SMILES string of the molecule is CCCCCCCCc1ncc[nH]1.O=C1c2ccccc2C(=O)c2c1cccc2S(=O)(=O)O. The molecular weight excluding hydrogens is 440 g/mol. The Morgan fingerprint density at radius 2 is 1.48 bits per heavy atom. The van der Waals surface area contributed by atoms with Gasteiger partial charge in [0.25, 0.3) is 10.1 Å². The first kappa shape index (κ1) is 24.5. The molecule has 4 rings (SSSR count). The molecule has 0 amide bonds. The Morgan fingerprint density at radius 1 is 0.848 bits per heavy atom. The molecule has 0 fully saturated rings. The number of nitrogens with one attached hydrogen (secondary N) is 1. The number of carbonyl (C=O) groups is 2. The molecule has 0 aliphatic heterocycles. The Balaban J connectivity index is 0.000000205. The lowest BCUT2D eigenvalue weighted by Crippen LogP contribution is -2.23. The molecule has 8 heteroatoms. The highest BCUT2D eigenvalue weighted by Gasteiger charge is 2.34. The third kappa shape index (κ3) is 6.03. The van der Waals surface area contributed by atoms with Crippen molar-refractivity contribution in [3.63, 3.8) is 0 Å². The number of ketones is 2. The van der Waals surface area contributed by atoms with Crippen LogP contribution in [0.2, 0.25) is 0 Å². The van der Waals surface area contributed by atoms with Crippen molar-refractivity contribution in [1.82, 2.24) is 9.97 Å². The smallest absolute Gasteiger partial charge is 0.295 e. The molecular formula is C25H28N2O5S. The van der Waals surface area contributed by atoms with Crippen LogP contribution in [0.3, 0.4) is 0 Å². The number of aryl methyl sites for hydroxylation is 1. The van der Waals surface area contributed by atoms with E-state index in [1.807, 2.05) is 12.4 Å². The highest BCUT2D eigenvalue weighted by molar-refractivity contribution is 7.86. The number of aromatic nitrogens is 2. The zero-order valence-corrected chi connectivity index (χ0v) is 19.4. The summed E-state index contributed by atoms with van der Waals surface area (Å²) >= 11 is 0. The second-order valence-corrected chi connectivity index (χ2v) is 9.30. The first-order valence-electron chi connectivity index (χ1n) is 11.1. The van der Waals surface area contributed by atoms with E-state index in [1.54, 1.807) is 12.1 Å². The van der Waals surface area contributed by atoms with E-state index >= 15 is 0 Å². The summed E-state index contributed by atoms with van der Waals surface area (Å²) in [5, 5.41) is 0. The average molecular weight is 469 g/mol. The van der Waals surface area contributed by atoms with Crippen molar-refractivity contribution in [3.05, 3.63) is 82.9 Å². The summed E-state index contributed by atoms with van der Waals surface area (Å²) in [6.07, 6.45) is 13.0. The standard InChI is InChI=1S/C14H8O5S.C11H20N2/c15-13-8-4-1-2-5-9(8)14(16)12-10(13)6-3-7-11(12)20(17,18)19;1-2-3-4-5-6-7-8-11-12-9-10-13-11/h1-7H,(H,17,18,19);9-10H,2-8H2,1H3,(H,12,13). The van der Waals surface area contributed by atoms with Crippen LogP contribution in [0.15, 0.2) is 59.8 Å². The largest absolute Gasteiger partial charge is 0.349 e. The Kier molecular flexibility index (Phi) is 8.30. The number of imidazole rings is 1. The summed E-state index contributed by atoms with van der Waals surface area (Å²) in [5.74, 6) is 0.125. The molecule has 0 spiro atoms. The molecule has 0 bridgehead atoms. The number of fused-ring (bicyclic) bond motifs is 2. The van der Waals surface area contributed by atoms with E-state index in [0.717, 1.165) is 18.3 Å². The van der Waals surface area contributed by atoms with Crippen molar-refractivity contribution in [2.45, 2.75) is 56.8 Å². The Morgan fingerprint density at radius 3 is 2.12 bits per heavy atom. The fourth-order valence-electron chi connectivity index (χ4n) is 3.84. The number of nitrogens with zero attached hydrogens (tertiary/aromatic N) is 1. The topological polar surface area (TPSA) is 117 Å². The zero-order valence-electron chi connectivity index (χ0n) is 18.6. The number of hydrogen-bond donors (Lipinski definition) is 2. The summed E-state index contributed by atoms with van der Waals surface area (Å²) in [7, 11) is -4.58. The van der Waals surface area contributed by atoms with Gasteiger partial charge < -0.3 is 4.98 Å². The number of aromatic amines is 1. The van der Waals surface area contributed by atoms with Gasteiger partial charge in [0.1, 0.15) is 10.7 Å². The second-order valence-electron chi connectivity index (χ2n) is 7.91. The maximum absolute atomic E-state index is 12.4. The van der Waals surface area contributed by atoms with E-state index in [2.05, 4.69) is 16.9 Å². The highest BCUT2D eigenvalue weighted by Crippen LogP contribution is 2.31.